The van der Waals surface area contributed by atoms with E-state index in [9.17, 15) is 15.2 Å². The Hall–Kier alpha value is -7.38. The van der Waals surface area contributed by atoms with Crippen LogP contribution in [0.5, 0.6) is 0 Å². The van der Waals surface area contributed by atoms with Gasteiger partial charge in [-0.2, -0.15) is 5.26 Å². The molecular weight excluding hydrogens is 961 g/mol. The summed E-state index contributed by atoms with van der Waals surface area (Å²) in [6.45, 7) is 13.8. The number of aliphatic carboxylic acids is 1. The van der Waals surface area contributed by atoms with Crippen LogP contribution in [0, 0.1) is 11.3 Å². The Balaban J connectivity index is 0.978. The maximum atomic E-state index is 11.9. The summed E-state index contributed by atoms with van der Waals surface area (Å²) in [4.78, 5) is 18.4. The van der Waals surface area contributed by atoms with E-state index in [0.29, 0.717) is 11.0 Å². The predicted molar refractivity (Wildman–Crippen MR) is 311 cm³/mol. The van der Waals surface area contributed by atoms with Gasteiger partial charge in [0.2, 0.25) is 0 Å². The molecule has 0 fully saturated rings. The number of carboxylic acids is 1. The van der Waals surface area contributed by atoms with Crippen LogP contribution in [0.1, 0.15) is 131 Å². The number of hydrogen-bond donors (Lipinski definition) is 1. The van der Waals surface area contributed by atoms with Crippen LogP contribution in [-0.2, 0) is 28.5 Å². The Labute approximate surface area is 448 Å². The van der Waals surface area contributed by atoms with Gasteiger partial charge in [0.1, 0.15) is 22.7 Å². The lowest BCUT2D eigenvalue weighted by Crippen LogP contribution is -2.18. The van der Waals surface area contributed by atoms with Crippen molar-refractivity contribution in [1.82, 2.24) is 10.3 Å². The second-order valence-corrected chi connectivity index (χ2v) is 23.5. The summed E-state index contributed by atoms with van der Waals surface area (Å²) in [5, 5.41) is 28.5. The zero-order valence-electron chi connectivity index (χ0n) is 43.7. The monoisotopic (exact) mass is 1020 g/mol. The minimum Gasteiger partial charge on any atom is -0.477 e. The molecule has 2 aliphatic rings. The first kappa shape index (κ1) is 49.8. The third-order valence-electron chi connectivity index (χ3n) is 15.9. The van der Waals surface area contributed by atoms with E-state index in [1.807, 2.05) is 6.07 Å². The van der Waals surface area contributed by atoms with Gasteiger partial charge in [-0.1, -0.05) is 165 Å². The van der Waals surface area contributed by atoms with Crippen molar-refractivity contribution in [1.29, 1.82) is 5.26 Å². The van der Waals surface area contributed by atoms with Crippen LogP contribution in [0.4, 0.5) is 17.1 Å². The molecule has 0 saturated carbocycles. The summed E-state index contributed by atoms with van der Waals surface area (Å²) in [6, 6.07) is 51.5. The fraction of sp³-hybridized carbons (Fsp3) is 0.273. The Morgan fingerprint density at radius 1 is 0.587 bits per heavy atom. The number of carbonyl (C=O) groups is 1. The quantitative estimate of drug-likeness (QED) is 0.0519. The van der Waals surface area contributed by atoms with E-state index in [-0.39, 0.29) is 16.4 Å². The standard InChI is InChI=1S/C66H62N4O3S2/c1-7-9-11-13-19-42-35-60(74-59(42)37-44(40-67)64(71)72)52-33-34-53(62-61(52)68-73-69-62)63-43(20-14-12-10-8-2)36-58(75-63)41-25-27-45(28-26-41)70(46-29-31-50-48-21-15-17-23-54(48)65(3,4)56(50)38-46)47-30-32-51-49-22-16-18-24-55(49)66(5,6)57(51)39-47/h15-18,21-39H,7-14,19-20H2,1-6H3,(H,71,72)/b44-37-. The number of unbranched alkanes of at least 4 members (excludes halogenated alkanes) is 6. The Bertz CT molecular complexity index is 3610. The van der Waals surface area contributed by atoms with Crippen molar-refractivity contribution in [2.45, 2.75) is 117 Å². The first-order valence-corrected chi connectivity index (χ1v) is 28.3. The van der Waals surface area contributed by atoms with Crippen LogP contribution in [0.2, 0.25) is 0 Å². The van der Waals surface area contributed by atoms with Gasteiger partial charge in [0, 0.05) is 58.5 Å². The highest BCUT2D eigenvalue weighted by Gasteiger charge is 2.38. The number of fused-ring (bicyclic) bond motifs is 7. The molecule has 0 atom stereocenters. The third-order valence-corrected chi connectivity index (χ3v) is 18.3. The summed E-state index contributed by atoms with van der Waals surface area (Å²) < 4.78 is 5.56. The predicted octanol–water partition coefficient (Wildman–Crippen LogP) is 18.7. The van der Waals surface area contributed by atoms with Crippen LogP contribution in [-0.4, -0.2) is 21.4 Å². The van der Waals surface area contributed by atoms with Gasteiger partial charge < -0.3 is 10.0 Å². The lowest BCUT2D eigenvalue weighted by atomic mass is 9.82. The molecule has 0 bridgehead atoms. The molecule has 7 nitrogen and oxygen atoms in total. The largest absolute Gasteiger partial charge is 0.477 e. The average Bonchev–Trinajstić information content (AvgIpc) is 4.26. The van der Waals surface area contributed by atoms with Crippen molar-refractivity contribution in [3.05, 3.63) is 177 Å². The number of nitriles is 1. The van der Waals surface area contributed by atoms with Crippen LogP contribution >= 0.6 is 22.7 Å². The van der Waals surface area contributed by atoms with Gasteiger partial charge in [-0.3, -0.25) is 0 Å². The molecule has 2 aliphatic carbocycles. The lowest BCUT2D eigenvalue weighted by Gasteiger charge is -2.30. The second-order valence-electron chi connectivity index (χ2n) is 21.4. The molecule has 3 aromatic heterocycles. The van der Waals surface area contributed by atoms with Gasteiger partial charge in [-0.25, -0.2) is 9.42 Å². The topological polar surface area (TPSA) is 103 Å². The molecule has 1 N–H and O–H groups in total. The number of aromatic nitrogens is 2. The Morgan fingerprint density at radius 3 is 1.67 bits per heavy atom. The van der Waals surface area contributed by atoms with E-state index < -0.39 is 5.97 Å². The van der Waals surface area contributed by atoms with Gasteiger partial charge in [0.15, 0.2) is 0 Å². The Morgan fingerprint density at radius 2 is 1.09 bits per heavy atom. The normalized spacial score (nSPS) is 13.9. The minimum absolute atomic E-state index is 0.146. The molecule has 0 radical (unpaired) electrons. The van der Waals surface area contributed by atoms with Gasteiger partial charge in [0.05, 0.1) is 0 Å². The SMILES string of the molecule is CCCCCCc1cc(-c2ccc(-c3sc(-c4ccc(N(c5ccc6c(c5)C(C)(C)c5ccccc5-6)c5ccc6c(c5)C(C)(C)c5ccccc5-6)cc4)cc3CCCCCC)c3nonc23)sc1/C=C(/C#N)C(=O)O. The van der Waals surface area contributed by atoms with Crippen molar-refractivity contribution in [2.24, 2.45) is 0 Å². The third kappa shape index (κ3) is 9.02. The number of carboxylic acid groups (broad SMARTS) is 1. The summed E-state index contributed by atoms with van der Waals surface area (Å²) in [6.07, 6.45) is 12.2. The number of nitrogens with zero attached hydrogens (tertiary/aromatic N) is 4. The fourth-order valence-corrected chi connectivity index (χ4v) is 14.2. The molecule has 0 unspecified atom stereocenters. The number of thiophene rings is 2. The van der Waals surface area contributed by atoms with Crippen molar-refractivity contribution < 1.29 is 14.5 Å². The summed E-state index contributed by atoms with van der Waals surface area (Å²) in [5.41, 5.74) is 20.1. The molecule has 3 heterocycles. The van der Waals surface area contributed by atoms with E-state index in [2.05, 4.69) is 190 Å². The van der Waals surface area contributed by atoms with Crippen molar-refractivity contribution in [3.8, 4) is 59.6 Å². The van der Waals surface area contributed by atoms with E-state index in [4.69, 9.17) is 4.63 Å². The number of aryl methyl sites for hydroxylation is 2. The summed E-state index contributed by atoms with van der Waals surface area (Å²) in [5.74, 6) is -1.23. The number of benzene rings is 6. The van der Waals surface area contributed by atoms with Gasteiger partial charge in [-0.05, 0) is 152 Å². The zero-order chi connectivity index (χ0) is 52.0. The van der Waals surface area contributed by atoms with Gasteiger partial charge in [0.25, 0.3) is 0 Å². The first-order chi connectivity index (χ1) is 36.4. The molecule has 9 aromatic rings. The van der Waals surface area contributed by atoms with Crippen LogP contribution < -0.4 is 4.90 Å². The Kier molecular flexibility index (Phi) is 13.5. The van der Waals surface area contributed by atoms with Crippen LogP contribution in [0.15, 0.2) is 144 Å². The lowest BCUT2D eigenvalue weighted by molar-refractivity contribution is -0.132. The zero-order valence-corrected chi connectivity index (χ0v) is 45.4. The first-order valence-electron chi connectivity index (χ1n) is 26.7. The molecule has 0 spiro atoms. The molecule has 75 heavy (non-hydrogen) atoms. The maximum Gasteiger partial charge on any atom is 0.346 e. The molecule has 376 valence electrons. The smallest absolute Gasteiger partial charge is 0.346 e. The number of rotatable bonds is 18. The maximum absolute atomic E-state index is 11.9. The van der Waals surface area contributed by atoms with Crippen LogP contribution in [0.25, 0.3) is 70.7 Å². The van der Waals surface area contributed by atoms with Crippen molar-refractivity contribution >= 4 is 62.8 Å². The molecule has 9 heteroatoms. The summed E-state index contributed by atoms with van der Waals surface area (Å²) in [7, 11) is 0. The van der Waals surface area contributed by atoms with Gasteiger partial charge in [-0.15, -0.1) is 22.7 Å². The van der Waals surface area contributed by atoms with E-state index in [1.165, 1.54) is 85.2 Å². The average molecular weight is 1020 g/mol. The van der Waals surface area contributed by atoms with Crippen molar-refractivity contribution in [2.75, 3.05) is 4.90 Å². The highest BCUT2D eigenvalue weighted by molar-refractivity contribution is 7.19. The second kappa shape index (κ2) is 20.4. The van der Waals surface area contributed by atoms with Crippen LogP contribution in [0.3, 0.4) is 0 Å². The summed E-state index contributed by atoms with van der Waals surface area (Å²) >= 11 is 3.27. The van der Waals surface area contributed by atoms with E-state index >= 15 is 0 Å². The van der Waals surface area contributed by atoms with Crippen molar-refractivity contribution in [3.63, 3.8) is 0 Å². The highest BCUT2D eigenvalue weighted by atomic mass is 32.1. The van der Waals surface area contributed by atoms with Gasteiger partial charge >= 0.3 is 5.97 Å². The number of hydrogen-bond acceptors (Lipinski definition) is 8. The molecule has 6 aromatic carbocycles. The fourth-order valence-electron chi connectivity index (χ4n) is 11.8. The molecular formula is C66H62N4O3S2. The number of anilines is 3. The molecule has 0 saturated heterocycles. The minimum atomic E-state index is -1.23. The molecule has 0 aliphatic heterocycles. The van der Waals surface area contributed by atoms with E-state index in [0.717, 1.165) is 105 Å². The van der Waals surface area contributed by atoms with E-state index in [1.54, 1.807) is 11.3 Å². The molecule has 0 amide bonds. The molecule has 11 rings (SSSR count). The highest BCUT2D eigenvalue weighted by Crippen LogP contribution is 2.54.